The van der Waals surface area contributed by atoms with Gasteiger partial charge in [-0.15, -0.1) is 0 Å². The van der Waals surface area contributed by atoms with Crippen molar-refractivity contribution < 1.29 is 13.8 Å². The quantitative estimate of drug-likeness (QED) is 0.739. The van der Waals surface area contributed by atoms with Crippen molar-refractivity contribution >= 4 is 16.3 Å². The third kappa shape index (κ3) is 3.31. The van der Waals surface area contributed by atoms with Crippen LogP contribution < -0.4 is 10.5 Å². The molecule has 0 aromatic heterocycles. The second-order valence-corrected chi connectivity index (χ2v) is 7.34. The number of nitrogen functional groups attached to an aromatic ring is 1. The molecule has 0 unspecified atom stereocenters. The van der Waals surface area contributed by atoms with Crippen LogP contribution >= 0.6 is 10.6 Å². The molecule has 4 nitrogen and oxygen atoms in total. The predicted octanol–water partition coefficient (Wildman–Crippen LogP) is 2.98. The fraction of sp³-hybridized carbons (Fsp3) is 0.538. The average Bonchev–Trinajstić information content (AvgIpc) is 2.34. The van der Waals surface area contributed by atoms with Gasteiger partial charge in [-0.05, 0) is 36.8 Å². The Morgan fingerprint density at radius 2 is 2.00 bits per heavy atom. The molecule has 2 rings (SSSR count). The third-order valence-corrected chi connectivity index (χ3v) is 5.35. The first-order chi connectivity index (χ1) is 8.50. The van der Waals surface area contributed by atoms with Gasteiger partial charge in [0.1, 0.15) is 5.75 Å². The van der Waals surface area contributed by atoms with E-state index in [4.69, 9.17) is 10.5 Å². The Hall–Kier alpha value is -0.910. The number of methoxy groups -OCH3 is 1. The van der Waals surface area contributed by atoms with E-state index in [0.717, 1.165) is 36.3 Å². The number of hydrogen-bond donors (Lipinski definition) is 3. The first-order valence-electron chi connectivity index (χ1n) is 6.16. The molecule has 18 heavy (non-hydrogen) atoms. The fourth-order valence-corrected chi connectivity index (χ4v) is 3.98. The Bertz CT molecular complexity index is 413. The zero-order valence-electron chi connectivity index (χ0n) is 10.6. The maximum atomic E-state index is 9.58. The molecular formula is C13H21NO3S. The van der Waals surface area contributed by atoms with Gasteiger partial charge in [0.2, 0.25) is 0 Å². The van der Waals surface area contributed by atoms with Gasteiger partial charge in [-0.3, -0.25) is 9.11 Å². The van der Waals surface area contributed by atoms with E-state index in [1.54, 1.807) is 7.11 Å². The summed E-state index contributed by atoms with van der Waals surface area (Å²) < 4.78 is 24.3. The third-order valence-electron chi connectivity index (χ3n) is 3.57. The molecule has 0 amide bonds. The molecule has 0 spiro atoms. The Morgan fingerprint density at radius 1 is 1.33 bits per heavy atom. The fourth-order valence-electron chi connectivity index (χ4n) is 2.36. The molecule has 1 aromatic rings. The summed E-state index contributed by atoms with van der Waals surface area (Å²) in [5, 5.41) is 0. The van der Waals surface area contributed by atoms with Gasteiger partial charge in [-0.25, -0.2) is 0 Å². The van der Waals surface area contributed by atoms with E-state index in [2.05, 4.69) is 0 Å². The molecule has 0 atom stereocenters. The Morgan fingerprint density at radius 3 is 2.56 bits per heavy atom. The highest BCUT2D eigenvalue weighted by Crippen LogP contribution is 2.46. The highest BCUT2D eigenvalue weighted by Gasteiger charge is 2.24. The van der Waals surface area contributed by atoms with E-state index in [-0.39, 0.29) is 0 Å². The van der Waals surface area contributed by atoms with E-state index in [1.165, 1.54) is 0 Å². The number of nitrogens with two attached hydrogens (primary N) is 1. The van der Waals surface area contributed by atoms with Gasteiger partial charge in [0, 0.05) is 23.3 Å². The van der Waals surface area contributed by atoms with Crippen molar-refractivity contribution in [3.05, 3.63) is 23.8 Å². The zero-order chi connectivity index (χ0) is 13.2. The minimum atomic E-state index is -2.28. The summed E-state index contributed by atoms with van der Waals surface area (Å²) in [6.07, 6.45) is 2.65. The minimum absolute atomic E-state index is 0.501. The standard InChI is InChI=1S/C13H21NO3S/c1-17-12-3-2-11(13(14)9-12)8-10-4-6-18(15,16)7-5-10/h2-3,9-10,15-16H,4-8,14H2,1H3. The summed E-state index contributed by atoms with van der Waals surface area (Å²) in [7, 11) is -0.655. The van der Waals surface area contributed by atoms with Crippen molar-refractivity contribution in [2.24, 2.45) is 5.92 Å². The Kier molecular flexibility index (Phi) is 4.04. The van der Waals surface area contributed by atoms with Crippen molar-refractivity contribution in [1.82, 2.24) is 0 Å². The lowest BCUT2D eigenvalue weighted by molar-refractivity contribution is 0.412. The van der Waals surface area contributed by atoms with Gasteiger partial charge in [0.25, 0.3) is 0 Å². The van der Waals surface area contributed by atoms with Crippen LogP contribution in [0, 0.1) is 5.92 Å². The Labute approximate surface area is 109 Å². The van der Waals surface area contributed by atoms with Crippen molar-refractivity contribution in [2.75, 3.05) is 24.3 Å². The largest absolute Gasteiger partial charge is 0.497 e. The molecular weight excluding hydrogens is 250 g/mol. The number of rotatable bonds is 3. The van der Waals surface area contributed by atoms with Crippen LogP contribution in [0.2, 0.25) is 0 Å². The molecule has 0 radical (unpaired) electrons. The van der Waals surface area contributed by atoms with Gasteiger partial charge in [0.15, 0.2) is 0 Å². The lowest BCUT2D eigenvalue weighted by Gasteiger charge is -2.39. The molecule has 0 aliphatic carbocycles. The molecule has 0 bridgehead atoms. The van der Waals surface area contributed by atoms with Crippen LogP contribution in [0.4, 0.5) is 5.69 Å². The van der Waals surface area contributed by atoms with Crippen LogP contribution in [0.3, 0.4) is 0 Å². The maximum Gasteiger partial charge on any atom is 0.120 e. The Balaban J connectivity index is 1.98. The number of anilines is 1. The van der Waals surface area contributed by atoms with Crippen molar-refractivity contribution in [2.45, 2.75) is 19.3 Å². The van der Waals surface area contributed by atoms with Gasteiger partial charge >= 0.3 is 0 Å². The van der Waals surface area contributed by atoms with Crippen LogP contribution in [-0.4, -0.2) is 27.7 Å². The predicted molar refractivity (Wildman–Crippen MR) is 76.4 cm³/mol. The average molecular weight is 271 g/mol. The van der Waals surface area contributed by atoms with E-state index >= 15 is 0 Å². The van der Waals surface area contributed by atoms with Gasteiger partial charge < -0.3 is 10.5 Å². The summed E-state index contributed by atoms with van der Waals surface area (Å²) in [4.78, 5) is 0. The van der Waals surface area contributed by atoms with E-state index in [0.29, 0.717) is 17.4 Å². The summed E-state index contributed by atoms with van der Waals surface area (Å²) in [5.41, 5.74) is 7.87. The molecule has 1 heterocycles. The van der Waals surface area contributed by atoms with E-state index in [1.807, 2.05) is 18.2 Å². The van der Waals surface area contributed by atoms with Gasteiger partial charge in [-0.1, -0.05) is 6.07 Å². The highest BCUT2D eigenvalue weighted by molar-refractivity contribution is 8.24. The molecule has 1 saturated heterocycles. The number of benzene rings is 1. The summed E-state index contributed by atoms with van der Waals surface area (Å²) in [5.74, 6) is 2.34. The molecule has 1 aromatic carbocycles. The molecule has 1 aliphatic heterocycles. The van der Waals surface area contributed by atoms with Crippen LogP contribution in [0.1, 0.15) is 18.4 Å². The van der Waals surface area contributed by atoms with Crippen LogP contribution in [0.25, 0.3) is 0 Å². The van der Waals surface area contributed by atoms with Crippen LogP contribution in [0.5, 0.6) is 5.75 Å². The van der Waals surface area contributed by atoms with Crippen LogP contribution in [-0.2, 0) is 6.42 Å². The van der Waals surface area contributed by atoms with Crippen molar-refractivity contribution in [3.63, 3.8) is 0 Å². The summed E-state index contributed by atoms with van der Waals surface area (Å²) in [6.45, 7) is 0. The minimum Gasteiger partial charge on any atom is -0.497 e. The van der Waals surface area contributed by atoms with Crippen LogP contribution in [0.15, 0.2) is 18.2 Å². The van der Waals surface area contributed by atoms with Crippen molar-refractivity contribution in [3.8, 4) is 5.75 Å². The van der Waals surface area contributed by atoms with Crippen molar-refractivity contribution in [1.29, 1.82) is 0 Å². The normalized spacial score (nSPS) is 21.5. The maximum absolute atomic E-state index is 9.58. The molecule has 5 heteroatoms. The lowest BCUT2D eigenvalue weighted by atomic mass is 9.93. The smallest absolute Gasteiger partial charge is 0.120 e. The molecule has 0 saturated carbocycles. The molecule has 1 fully saturated rings. The first-order valence-corrected chi connectivity index (χ1v) is 8.04. The van der Waals surface area contributed by atoms with E-state index in [9.17, 15) is 9.11 Å². The molecule has 4 N–H and O–H groups in total. The first kappa shape index (κ1) is 13.5. The number of ether oxygens (including phenoxy) is 1. The zero-order valence-corrected chi connectivity index (χ0v) is 11.4. The summed E-state index contributed by atoms with van der Waals surface area (Å²) >= 11 is 0. The SMILES string of the molecule is COc1ccc(CC2CCS(O)(O)CC2)c(N)c1. The second-order valence-electron chi connectivity index (χ2n) is 4.92. The molecule has 102 valence electrons. The summed E-state index contributed by atoms with van der Waals surface area (Å²) in [6, 6.07) is 5.76. The topological polar surface area (TPSA) is 75.7 Å². The molecule has 1 aliphatic rings. The highest BCUT2D eigenvalue weighted by atomic mass is 32.3. The van der Waals surface area contributed by atoms with Gasteiger partial charge in [0.05, 0.1) is 7.11 Å². The lowest BCUT2D eigenvalue weighted by Crippen LogP contribution is -2.22. The number of hydrogen-bond acceptors (Lipinski definition) is 4. The van der Waals surface area contributed by atoms with E-state index < -0.39 is 10.6 Å². The monoisotopic (exact) mass is 271 g/mol. The second kappa shape index (κ2) is 5.38. The van der Waals surface area contributed by atoms with Gasteiger partial charge in [-0.2, -0.15) is 10.6 Å².